The number of carbonyl (C=O) groups is 2. The largest absolute Gasteiger partial charge is 0.422 e. The van der Waals surface area contributed by atoms with E-state index >= 15 is 0 Å². The molecule has 4 nitrogen and oxygen atoms in total. The lowest BCUT2D eigenvalue weighted by Crippen LogP contribution is -2.20. The molecule has 1 aliphatic rings. The number of carbonyl (C=O) groups excluding carboxylic acids is 2. The normalized spacial score (nSPS) is 15.9. The van der Waals surface area contributed by atoms with E-state index in [0.717, 1.165) is 54.0 Å². The van der Waals surface area contributed by atoms with Crippen LogP contribution in [0.5, 0.6) is 11.5 Å². The average Bonchev–Trinajstić information content (AvgIpc) is 2.83. The molecule has 2 aromatic carbocycles. The highest BCUT2D eigenvalue weighted by atomic mass is 16.5. The van der Waals surface area contributed by atoms with E-state index in [4.69, 9.17) is 9.47 Å². The quantitative estimate of drug-likeness (QED) is 0.205. The van der Waals surface area contributed by atoms with Gasteiger partial charge in [-0.3, -0.25) is 0 Å². The molecule has 2 aromatic rings. The van der Waals surface area contributed by atoms with Crippen LogP contribution in [0.25, 0.3) is 10.8 Å². The summed E-state index contributed by atoms with van der Waals surface area (Å²) in [6, 6.07) is 7.70. The third-order valence-corrected chi connectivity index (χ3v) is 6.90. The zero-order valence-electron chi connectivity index (χ0n) is 21.2. The van der Waals surface area contributed by atoms with Gasteiger partial charge in [0.1, 0.15) is 11.5 Å². The van der Waals surface area contributed by atoms with Crippen molar-refractivity contribution in [1.82, 2.24) is 0 Å². The van der Waals surface area contributed by atoms with Crippen molar-refractivity contribution < 1.29 is 19.1 Å². The minimum atomic E-state index is -0.435. The Hall–Kier alpha value is -2.88. The summed E-state index contributed by atoms with van der Waals surface area (Å²) in [6.07, 6.45) is 8.57. The second-order valence-corrected chi connectivity index (χ2v) is 9.68. The van der Waals surface area contributed by atoms with Crippen LogP contribution in [0.3, 0.4) is 0 Å². The molecule has 0 heterocycles. The van der Waals surface area contributed by atoms with Crippen molar-refractivity contribution in [2.24, 2.45) is 5.92 Å². The predicted molar refractivity (Wildman–Crippen MR) is 138 cm³/mol. The molecule has 2 unspecified atom stereocenters. The summed E-state index contributed by atoms with van der Waals surface area (Å²) in [5.74, 6) is 1.17. The van der Waals surface area contributed by atoms with Gasteiger partial charge in [-0.05, 0) is 51.4 Å². The van der Waals surface area contributed by atoms with Crippen LogP contribution in [0.4, 0.5) is 0 Å². The van der Waals surface area contributed by atoms with E-state index in [1.807, 2.05) is 24.3 Å². The standard InChI is InChI=1S/C30H38O4/c1-7-9-13-21(8-2)18-22-14-12-17-25-26(22)28(34-30(32)20(5)6)24-16-11-10-15-23(24)27(25)33-29(31)19(3)4/h10-11,15-16,21-22H,3,5,7-9,12-14,17-18H2,1-2,4,6H3. The molecule has 0 bridgehead atoms. The fraction of sp³-hybridized carbons (Fsp3) is 0.467. The van der Waals surface area contributed by atoms with Gasteiger partial charge in [-0.1, -0.05) is 77.0 Å². The van der Waals surface area contributed by atoms with Gasteiger partial charge in [-0.15, -0.1) is 0 Å². The average molecular weight is 463 g/mol. The molecule has 182 valence electrons. The van der Waals surface area contributed by atoms with Crippen molar-refractivity contribution in [3.63, 3.8) is 0 Å². The Kier molecular flexibility index (Phi) is 8.71. The zero-order valence-corrected chi connectivity index (χ0v) is 21.2. The molecule has 0 fully saturated rings. The molecule has 0 amide bonds. The minimum Gasteiger partial charge on any atom is -0.422 e. The maximum absolute atomic E-state index is 12.7. The van der Waals surface area contributed by atoms with Gasteiger partial charge < -0.3 is 9.47 Å². The number of ether oxygens (including phenoxy) is 2. The summed E-state index contributed by atoms with van der Waals surface area (Å²) in [7, 11) is 0. The maximum Gasteiger partial charge on any atom is 0.338 e. The summed E-state index contributed by atoms with van der Waals surface area (Å²) >= 11 is 0. The van der Waals surface area contributed by atoms with Crippen molar-refractivity contribution in [2.75, 3.05) is 0 Å². The van der Waals surface area contributed by atoms with E-state index in [2.05, 4.69) is 27.0 Å². The molecule has 1 aliphatic carbocycles. The lowest BCUT2D eigenvalue weighted by atomic mass is 9.75. The summed E-state index contributed by atoms with van der Waals surface area (Å²) in [5.41, 5.74) is 2.73. The molecule has 0 radical (unpaired) electrons. The van der Waals surface area contributed by atoms with E-state index < -0.39 is 11.9 Å². The molecular weight excluding hydrogens is 424 g/mol. The van der Waals surface area contributed by atoms with Gasteiger partial charge in [0, 0.05) is 33.0 Å². The molecule has 4 heteroatoms. The molecule has 0 spiro atoms. The molecule has 2 atom stereocenters. The number of benzene rings is 2. The van der Waals surface area contributed by atoms with Crippen LogP contribution < -0.4 is 9.47 Å². The lowest BCUT2D eigenvalue weighted by molar-refractivity contribution is -0.131. The smallest absolute Gasteiger partial charge is 0.338 e. The lowest BCUT2D eigenvalue weighted by Gasteiger charge is -2.32. The predicted octanol–water partition coefficient (Wildman–Crippen LogP) is 7.83. The van der Waals surface area contributed by atoms with Crippen LogP contribution >= 0.6 is 0 Å². The number of esters is 2. The van der Waals surface area contributed by atoms with Crippen LogP contribution in [-0.4, -0.2) is 11.9 Å². The molecule has 0 saturated heterocycles. The third kappa shape index (κ3) is 5.60. The van der Waals surface area contributed by atoms with Gasteiger partial charge in [0.05, 0.1) is 0 Å². The first-order valence-corrected chi connectivity index (χ1v) is 12.6. The number of fused-ring (bicyclic) bond motifs is 2. The first kappa shape index (κ1) is 25.7. The summed E-state index contributed by atoms with van der Waals surface area (Å²) in [6.45, 7) is 15.3. The topological polar surface area (TPSA) is 52.6 Å². The van der Waals surface area contributed by atoms with Gasteiger partial charge in [0.25, 0.3) is 0 Å². The van der Waals surface area contributed by atoms with Gasteiger partial charge in [-0.2, -0.15) is 0 Å². The van der Waals surface area contributed by atoms with Crippen LogP contribution in [0, 0.1) is 5.92 Å². The van der Waals surface area contributed by atoms with E-state index in [-0.39, 0.29) is 5.92 Å². The third-order valence-electron chi connectivity index (χ3n) is 6.90. The monoisotopic (exact) mass is 462 g/mol. The number of rotatable bonds is 10. The Morgan fingerprint density at radius 2 is 1.59 bits per heavy atom. The fourth-order valence-corrected chi connectivity index (χ4v) is 5.00. The Morgan fingerprint density at radius 3 is 2.15 bits per heavy atom. The molecule has 0 aliphatic heterocycles. The van der Waals surface area contributed by atoms with Crippen molar-refractivity contribution in [3.05, 3.63) is 59.7 Å². The SMILES string of the molecule is C=C(C)C(=O)Oc1c2c(c(OC(=O)C(=C)C)c3ccccc13)C(CC(CC)CCCC)CCC2. The number of unbranched alkanes of at least 4 members (excludes halogenated alkanes) is 1. The van der Waals surface area contributed by atoms with Crippen molar-refractivity contribution in [2.45, 2.75) is 85.0 Å². The van der Waals surface area contributed by atoms with Gasteiger partial charge in [0.15, 0.2) is 0 Å². The number of hydrogen-bond acceptors (Lipinski definition) is 4. The van der Waals surface area contributed by atoms with Crippen LogP contribution in [0.1, 0.15) is 89.7 Å². The Bertz CT molecular complexity index is 1090. The fourth-order valence-electron chi connectivity index (χ4n) is 5.00. The zero-order chi connectivity index (χ0) is 24.8. The molecule has 0 aromatic heterocycles. The molecule has 0 N–H and O–H groups in total. The van der Waals surface area contributed by atoms with Crippen LogP contribution in [0.2, 0.25) is 0 Å². The Balaban J connectivity index is 2.23. The maximum atomic E-state index is 12.7. The van der Waals surface area contributed by atoms with E-state index in [1.165, 1.54) is 19.3 Å². The highest BCUT2D eigenvalue weighted by Crippen LogP contribution is 2.50. The minimum absolute atomic E-state index is 0.241. The summed E-state index contributed by atoms with van der Waals surface area (Å²) in [4.78, 5) is 25.3. The molecule has 3 rings (SSSR count). The van der Waals surface area contributed by atoms with E-state index in [0.29, 0.717) is 28.6 Å². The number of hydrogen-bond donors (Lipinski definition) is 0. The first-order valence-electron chi connectivity index (χ1n) is 12.6. The van der Waals surface area contributed by atoms with E-state index in [9.17, 15) is 9.59 Å². The molecular formula is C30H38O4. The van der Waals surface area contributed by atoms with Gasteiger partial charge >= 0.3 is 11.9 Å². The van der Waals surface area contributed by atoms with Crippen molar-refractivity contribution >= 4 is 22.7 Å². The van der Waals surface area contributed by atoms with Crippen molar-refractivity contribution in [3.8, 4) is 11.5 Å². The second-order valence-electron chi connectivity index (χ2n) is 9.68. The van der Waals surface area contributed by atoms with E-state index in [1.54, 1.807) is 13.8 Å². The highest BCUT2D eigenvalue weighted by Gasteiger charge is 2.33. The second kappa shape index (κ2) is 11.5. The van der Waals surface area contributed by atoms with Crippen molar-refractivity contribution in [1.29, 1.82) is 0 Å². The highest BCUT2D eigenvalue weighted by molar-refractivity contribution is 6.01. The Morgan fingerprint density at radius 1 is 1.00 bits per heavy atom. The van der Waals surface area contributed by atoms with Crippen LogP contribution in [0.15, 0.2) is 48.6 Å². The van der Waals surface area contributed by atoms with Crippen LogP contribution in [-0.2, 0) is 16.0 Å². The Labute approximate surface area is 204 Å². The summed E-state index contributed by atoms with van der Waals surface area (Å²) < 4.78 is 12.0. The summed E-state index contributed by atoms with van der Waals surface area (Å²) in [5, 5.41) is 1.56. The molecule has 0 saturated carbocycles. The molecule has 34 heavy (non-hydrogen) atoms. The van der Waals surface area contributed by atoms with Gasteiger partial charge in [0.2, 0.25) is 0 Å². The van der Waals surface area contributed by atoms with Gasteiger partial charge in [-0.25, -0.2) is 9.59 Å². The first-order chi connectivity index (χ1) is 16.3.